The van der Waals surface area contributed by atoms with Gasteiger partial charge in [0.15, 0.2) is 0 Å². The zero-order chi connectivity index (χ0) is 28.5. The Morgan fingerprint density at radius 3 is 2.15 bits per heavy atom. The van der Waals surface area contributed by atoms with E-state index in [1.807, 2.05) is 19.1 Å². The normalized spacial score (nSPS) is 10.6. The molecule has 0 aliphatic carbocycles. The molecule has 0 fully saturated rings. The second kappa shape index (κ2) is 13.1. The molecule has 40 heavy (non-hydrogen) atoms. The van der Waals surface area contributed by atoms with Crippen molar-refractivity contribution in [3.05, 3.63) is 124 Å². The molecule has 9 nitrogen and oxygen atoms in total. The van der Waals surface area contributed by atoms with Crippen molar-refractivity contribution in [2.45, 2.75) is 6.92 Å². The number of halogens is 1. The van der Waals surface area contributed by atoms with Gasteiger partial charge in [-0.05, 0) is 85.3 Å². The lowest BCUT2D eigenvalue weighted by atomic mass is 10.1. The first-order valence-electron chi connectivity index (χ1n) is 12.0. The van der Waals surface area contributed by atoms with E-state index in [0.29, 0.717) is 22.6 Å². The number of nitrogens with one attached hydrogen (secondary N) is 3. The first kappa shape index (κ1) is 27.9. The third-order valence-electron chi connectivity index (χ3n) is 5.49. The maximum atomic E-state index is 12.7. The number of benzene rings is 4. The summed E-state index contributed by atoms with van der Waals surface area (Å²) >= 11 is 3.34. The molecule has 4 aromatic rings. The zero-order valence-corrected chi connectivity index (χ0v) is 22.8. The number of aryl methyl sites for hydroxylation is 1. The molecule has 0 atom stereocenters. The Kier molecular flexibility index (Phi) is 9.16. The molecule has 0 heterocycles. The fourth-order valence-electron chi connectivity index (χ4n) is 3.39. The summed E-state index contributed by atoms with van der Waals surface area (Å²) in [6, 6.07) is 26.8. The van der Waals surface area contributed by atoms with Crippen molar-refractivity contribution in [2.75, 3.05) is 10.6 Å². The molecule has 0 aromatic heterocycles. The van der Waals surface area contributed by atoms with Crippen LogP contribution in [0.25, 0.3) is 0 Å². The molecule has 3 amide bonds. The van der Waals surface area contributed by atoms with Gasteiger partial charge in [0.1, 0.15) is 5.75 Å². The monoisotopic (exact) mass is 598 g/mol. The third kappa shape index (κ3) is 7.71. The number of carbonyl (C=O) groups is 4. The van der Waals surface area contributed by atoms with Gasteiger partial charge >= 0.3 is 17.8 Å². The average molecular weight is 599 g/mol. The highest BCUT2D eigenvalue weighted by Gasteiger charge is 2.18. The number of hydrogen-bond acceptors (Lipinski definition) is 6. The zero-order valence-electron chi connectivity index (χ0n) is 21.2. The minimum absolute atomic E-state index is 0.164. The molecule has 3 N–H and O–H groups in total. The number of amides is 3. The SMILES string of the molecule is Cc1ccc(C(=O)Oc2ccc(C=NNC(=O)C(=O)Nc3ccccc3C(=O)Nc3ccc(Br)cc3)cc2)cc1. The highest BCUT2D eigenvalue weighted by atomic mass is 79.9. The molecule has 10 heteroatoms. The standard InChI is InChI=1S/C30H23BrN4O5/c1-19-6-10-21(11-7-19)30(39)40-24-16-8-20(9-17-24)18-32-35-29(38)28(37)34-26-5-3-2-4-25(26)27(36)33-23-14-12-22(31)13-15-23/h2-18H,1H3,(H,33,36)(H,34,37)(H,35,38). The van der Waals surface area contributed by atoms with E-state index in [4.69, 9.17) is 4.74 Å². The van der Waals surface area contributed by atoms with Crippen molar-refractivity contribution in [3.63, 3.8) is 0 Å². The van der Waals surface area contributed by atoms with Gasteiger partial charge in [0.2, 0.25) is 0 Å². The summed E-state index contributed by atoms with van der Waals surface area (Å²) < 4.78 is 6.22. The molecule has 4 aromatic carbocycles. The molecule has 0 unspecified atom stereocenters. The summed E-state index contributed by atoms with van der Waals surface area (Å²) in [6.07, 6.45) is 1.33. The summed E-state index contributed by atoms with van der Waals surface area (Å²) in [7, 11) is 0. The predicted molar refractivity (Wildman–Crippen MR) is 155 cm³/mol. The largest absolute Gasteiger partial charge is 0.423 e. The van der Waals surface area contributed by atoms with Gasteiger partial charge in [-0.25, -0.2) is 10.2 Å². The molecule has 0 spiro atoms. The van der Waals surface area contributed by atoms with Crippen molar-refractivity contribution in [3.8, 4) is 5.75 Å². The van der Waals surface area contributed by atoms with Gasteiger partial charge < -0.3 is 15.4 Å². The van der Waals surface area contributed by atoms with Crippen LogP contribution in [0, 0.1) is 6.92 Å². The van der Waals surface area contributed by atoms with Crippen LogP contribution in [0.1, 0.15) is 31.8 Å². The molecule has 0 saturated heterocycles. The number of carbonyl (C=O) groups excluding carboxylic acids is 4. The predicted octanol–water partition coefficient (Wildman–Crippen LogP) is 5.32. The topological polar surface area (TPSA) is 126 Å². The molecule has 0 bridgehead atoms. The quantitative estimate of drug-likeness (QED) is 0.0872. The fourth-order valence-corrected chi connectivity index (χ4v) is 3.66. The van der Waals surface area contributed by atoms with Crippen molar-refractivity contribution < 1.29 is 23.9 Å². The Labute approximate surface area is 238 Å². The Morgan fingerprint density at radius 2 is 1.45 bits per heavy atom. The number of rotatable bonds is 7. The van der Waals surface area contributed by atoms with Crippen LogP contribution >= 0.6 is 15.9 Å². The lowest BCUT2D eigenvalue weighted by Gasteiger charge is -2.11. The van der Waals surface area contributed by atoms with Crippen LogP contribution in [0.5, 0.6) is 5.75 Å². The average Bonchev–Trinajstić information content (AvgIpc) is 2.95. The third-order valence-corrected chi connectivity index (χ3v) is 6.01. The number of anilines is 2. The fraction of sp³-hybridized carbons (Fsp3) is 0.0333. The van der Waals surface area contributed by atoms with Gasteiger partial charge in [-0.2, -0.15) is 5.10 Å². The summed E-state index contributed by atoms with van der Waals surface area (Å²) in [5.74, 6) is -2.62. The number of ether oxygens (including phenoxy) is 1. The van der Waals surface area contributed by atoms with Crippen LogP contribution in [0.3, 0.4) is 0 Å². The van der Waals surface area contributed by atoms with E-state index in [9.17, 15) is 19.2 Å². The van der Waals surface area contributed by atoms with Crippen LogP contribution < -0.4 is 20.8 Å². The number of para-hydroxylation sites is 1. The molecular weight excluding hydrogens is 576 g/mol. The molecule has 0 aliphatic heterocycles. The highest BCUT2D eigenvalue weighted by Crippen LogP contribution is 2.19. The molecule has 0 radical (unpaired) electrons. The van der Waals surface area contributed by atoms with Crippen molar-refractivity contribution in [1.82, 2.24) is 5.43 Å². The molecular formula is C30H23BrN4O5. The van der Waals surface area contributed by atoms with Gasteiger partial charge in [0, 0.05) is 10.2 Å². The van der Waals surface area contributed by atoms with E-state index in [1.165, 1.54) is 18.3 Å². The second-order valence-electron chi connectivity index (χ2n) is 8.48. The minimum atomic E-state index is -1.02. The Bertz CT molecular complexity index is 1570. The lowest BCUT2D eigenvalue weighted by Crippen LogP contribution is -2.33. The summed E-state index contributed by atoms with van der Waals surface area (Å²) in [6.45, 7) is 1.93. The van der Waals surface area contributed by atoms with Gasteiger partial charge in [0.25, 0.3) is 5.91 Å². The van der Waals surface area contributed by atoms with Crippen molar-refractivity contribution in [2.24, 2.45) is 5.10 Å². The lowest BCUT2D eigenvalue weighted by molar-refractivity contribution is -0.136. The van der Waals surface area contributed by atoms with Crippen molar-refractivity contribution >= 4 is 57.2 Å². The Balaban J connectivity index is 1.30. The molecule has 4 rings (SSSR count). The van der Waals surface area contributed by atoms with E-state index in [-0.39, 0.29) is 11.3 Å². The molecule has 0 aliphatic rings. The number of nitrogens with zero attached hydrogens (tertiary/aromatic N) is 1. The van der Waals surface area contributed by atoms with Gasteiger partial charge in [-0.3, -0.25) is 14.4 Å². The van der Waals surface area contributed by atoms with E-state index >= 15 is 0 Å². The van der Waals surface area contributed by atoms with Crippen molar-refractivity contribution in [1.29, 1.82) is 0 Å². The summed E-state index contributed by atoms with van der Waals surface area (Å²) in [5.41, 5.74) is 5.12. The number of hydrazone groups is 1. The van der Waals surface area contributed by atoms with Crippen LogP contribution in [0.4, 0.5) is 11.4 Å². The van der Waals surface area contributed by atoms with E-state index in [0.717, 1.165) is 10.0 Å². The van der Waals surface area contributed by atoms with Crippen LogP contribution in [-0.4, -0.2) is 29.9 Å². The van der Waals surface area contributed by atoms with E-state index in [1.54, 1.807) is 72.8 Å². The molecule has 0 saturated carbocycles. The van der Waals surface area contributed by atoms with E-state index < -0.39 is 23.7 Å². The first-order valence-corrected chi connectivity index (χ1v) is 12.8. The van der Waals surface area contributed by atoms with E-state index in [2.05, 4.69) is 37.1 Å². The Hall–Kier alpha value is -5.09. The number of hydrogen-bond donors (Lipinski definition) is 3. The Morgan fingerprint density at radius 1 is 0.775 bits per heavy atom. The second-order valence-corrected chi connectivity index (χ2v) is 9.40. The number of esters is 1. The van der Waals surface area contributed by atoms with Gasteiger partial charge in [-0.15, -0.1) is 0 Å². The first-order chi connectivity index (χ1) is 19.3. The minimum Gasteiger partial charge on any atom is -0.423 e. The van der Waals surface area contributed by atoms with Gasteiger partial charge in [0.05, 0.1) is 23.0 Å². The van der Waals surface area contributed by atoms with Gasteiger partial charge in [-0.1, -0.05) is 45.8 Å². The van der Waals surface area contributed by atoms with Crippen LogP contribution in [0.2, 0.25) is 0 Å². The van der Waals surface area contributed by atoms with Crippen LogP contribution in [0.15, 0.2) is 107 Å². The van der Waals surface area contributed by atoms with Crippen LogP contribution in [-0.2, 0) is 9.59 Å². The smallest absolute Gasteiger partial charge is 0.343 e. The maximum Gasteiger partial charge on any atom is 0.343 e. The maximum absolute atomic E-state index is 12.7. The highest BCUT2D eigenvalue weighted by molar-refractivity contribution is 9.10. The molecule has 200 valence electrons. The summed E-state index contributed by atoms with van der Waals surface area (Å²) in [5, 5.41) is 8.97. The summed E-state index contributed by atoms with van der Waals surface area (Å²) in [4.78, 5) is 49.7.